The zero-order chi connectivity index (χ0) is 15.8. The highest BCUT2D eigenvalue weighted by Crippen LogP contribution is 2.31. The fourth-order valence-corrected chi connectivity index (χ4v) is 3.20. The normalized spacial score (nSPS) is 21.6. The first-order valence-electron chi connectivity index (χ1n) is 8.69. The number of allylic oxidation sites excluding steroid dienone is 2. The van der Waals surface area contributed by atoms with E-state index < -0.39 is 0 Å². The number of halogens is 1. The van der Waals surface area contributed by atoms with Crippen molar-refractivity contribution < 1.29 is 4.39 Å². The van der Waals surface area contributed by atoms with Crippen LogP contribution in [0.4, 0.5) is 4.39 Å². The van der Waals surface area contributed by atoms with Crippen molar-refractivity contribution in [1.82, 2.24) is 0 Å². The topological polar surface area (TPSA) is 0 Å². The van der Waals surface area contributed by atoms with Gasteiger partial charge in [0, 0.05) is 0 Å². The molecular formula is C21H27F. The van der Waals surface area contributed by atoms with Crippen LogP contribution in [-0.2, 0) is 6.42 Å². The molecule has 118 valence electrons. The van der Waals surface area contributed by atoms with Crippen LogP contribution in [-0.4, -0.2) is 0 Å². The molecule has 0 spiro atoms. The fourth-order valence-electron chi connectivity index (χ4n) is 3.20. The van der Waals surface area contributed by atoms with E-state index >= 15 is 0 Å². The van der Waals surface area contributed by atoms with Gasteiger partial charge in [0.2, 0.25) is 0 Å². The second kappa shape index (κ2) is 8.79. The Balaban J connectivity index is 1.89. The van der Waals surface area contributed by atoms with E-state index in [1.807, 2.05) is 12.1 Å². The average molecular weight is 298 g/mol. The lowest BCUT2D eigenvalue weighted by molar-refractivity contribution is 0.304. The highest BCUT2D eigenvalue weighted by atomic mass is 19.1. The van der Waals surface area contributed by atoms with Crippen LogP contribution in [0.1, 0.15) is 63.5 Å². The number of hydrogen-bond acceptors (Lipinski definition) is 0. The molecule has 0 N–H and O–H groups in total. The van der Waals surface area contributed by atoms with Gasteiger partial charge in [-0.2, -0.15) is 0 Å². The van der Waals surface area contributed by atoms with Gasteiger partial charge in [-0.25, -0.2) is 4.39 Å². The Labute approximate surface area is 134 Å². The first-order chi connectivity index (χ1) is 10.7. The van der Waals surface area contributed by atoms with E-state index in [4.69, 9.17) is 0 Å². The zero-order valence-electron chi connectivity index (χ0n) is 13.9. The molecule has 0 amide bonds. The first kappa shape index (κ1) is 16.8. The van der Waals surface area contributed by atoms with Crippen LogP contribution in [0.3, 0.4) is 0 Å². The summed E-state index contributed by atoms with van der Waals surface area (Å²) in [6, 6.07) is 5.39. The Kier molecular flexibility index (Phi) is 6.72. The molecule has 1 aromatic carbocycles. The molecule has 2 rings (SSSR count). The van der Waals surface area contributed by atoms with Gasteiger partial charge in [0.15, 0.2) is 0 Å². The first-order valence-corrected chi connectivity index (χ1v) is 8.69. The summed E-state index contributed by atoms with van der Waals surface area (Å²) < 4.78 is 13.9. The molecule has 0 radical (unpaired) electrons. The van der Waals surface area contributed by atoms with Crippen LogP contribution < -0.4 is 0 Å². The van der Waals surface area contributed by atoms with E-state index in [2.05, 4.69) is 31.8 Å². The molecule has 0 aliphatic heterocycles. The number of aryl methyl sites for hydroxylation is 1. The van der Waals surface area contributed by atoms with Gasteiger partial charge >= 0.3 is 0 Å². The van der Waals surface area contributed by atoms with Crippen molar-refractivity contribution in [2.24, 2.45) is 11.8 Å². The highest BCUT2D eigenvalue weighted by Gasteiger charge is 2.17. The molecule has 0 unspecified atom stereocenters. The van der Waals surface area contributed by atoms with Crippen LogP contribution in [0.15, 0.2) is 30.4 Å². The van der Waals surface area contributed by atoms with Crippen molar-refractivity contribution in [3.8, 4) is 11.8 Å². The minimum absolute atomic E-state index is 0.199. The van der Waals surface area contributed by atoms with Crippen LogP contribution in [0.5, 0.6) is 0 Å². The van der Waals surface area contributed by atoms with E-state index in [0.29, 0.717) is 11.5 Å². The summed E-state index contributed by atoms with van der Waals surface area (Å²) in [6.07, 6.45) is 12.6. The largest absolute Gasteiger partial charge is 0.206 e. The number of rotatable bonds is 4. The van der Waals surface area contributed by atoms with Crippen molar-refractivity contribution in [1.29, 1.82) is 0 Å². The third-order valence-corrected chi connectivity index (χ3v) is 4.70. The SMILES string of the molecule is CCCc1ccc(C#CC=CC2CCC(CC)CC2)c(F)c1. The summed E-state index contributed by atoms with van der Waals surface area (Å²) >= 11 is 0. The van der Waals surface area contributed by atoms with Gasteiger partial charge in [-0.3, -0.25) is 0 Å². The van der Waals surface area contributed by atoms with Crippen molar-refractivity contribution >= 4 is 0 Å². The lowest BCUT2D eigenvalue weighted by Gasteiger charge is -2.25. The number of hydrogen-bond donors (Lipinski definition) is 0. The van der Waals surface area contributed by atoms with Crippen molar-refractivity contribution in [2.45, 2.75) is 58.8 Å². The lowest BCUT2D eigenvalue weighted by Crippen LogP contribution is -2.11. The Bertz CT molecular complexity index is 551. The third-order valence-electron chi connectivity index (χ3n) is 4.70. The number of benzene rings is 1. The second-order valence-corrected chi connectivity index (χ2v) is 6.38. The van der Waals surface area contributed by atoms with Crippen molar-refractivity contribution in [3.05, 3.63) is 47.3 Å². The summed E-state index contributed by atoms with van der Waals surface area (Å²) in [6.45, 7) is 4.39. The molecule has 0 atom stereocenters. The van der Waals surface area contributed by atoms with E-state index in [9.17, 15) is 4.39 Å². The van der Waals surface area contributed by atoms with Crippen LogP contribution in [0.2, 0.25) is 0 Å². The average Bonchev–Trinajstić information content (AvgIpc) is 2.54. The summed E-state index contributed by atoms with van der Waals surface area (Å²) in [5, 5.41) is 0. The highest BCUT2D eigenvalue weighted by molar-refractivity contribution is 5.39. The molecule has 1 aliphatic carbocycles. The Morgan fingerprint density at radius 2 is 1.95 bits per heavy atom. The third kappa shape index (κ3) is 5.02. The van der Waals surface area contributed by atoms with Crippen molar-refractivity contribution in [3.63, 3.8) is 0 Å². The minimum Gasteiger partial charge on any atom is -0.206 e. The molecule has 1 aromatic rings. The smallest absolute Gasteiger partial charge is 0.139 e. The van der Waals surface area contributed by atoms with Crippen molar-refractivity contribution in [2.75, 3.05) is 0 Å². The molecule has 1 saturated carbocycles. The van der Waals surface area contributed by atoms with Gasteiger partial charge in [0.25, 0.3) is 0 Å². The molecule has 0 saturated heterocycles. The summed E-state index contributed by atoms with van der Waals surface area (Å²) in [5.41, 5.74) is 1.55. The molecule has 1 aliphatic rings. The summed E-state index contributed by atoms with van der Waals surface area (Å²) in [4.78, 5) is 0. The predicted molar refractivity (Wildman–Crippen MR) is 92.2 cm³/mol. The van der Waals surface area contributed by atoms with Crippen LogP contribution in [0, 0.1) is 29.5 Å². The summed E-state index contributed by atoms with van der Waals surface area (Å²) in [7, 11) is 0. The fraction of sp³-hybridized carbons (Fsp3) is 0.524. The second-order valence-electron chi connectivity index (χ2n) is 6.38. The van der Waals surface area contributed by atoms with Crippen LogP contribution >= 0.6 is 0 Å². The van der Waals surface area contributed by atoms with E-state index in [-0.39, 0.29) is 5.82 Å². The standard InChI is InChI=1S/C21H27F/c1-3-7-19-14-15-20(21(22)16-19)9-6-5-8-18-12-10-17(4-2)11-13-18/h5,8,14-18H,3-4,7,10-13H2,1-2H3. The molecule has 1 heteroatoms. The van der Waals surface area contributed by atoms with E-state index in [0.717, 1.165) is 24.3 Å². The monoisotopic (exact) mass is 298 g/mol. The lowest BCUT2D eigenvalue weighted by atomic mass is 9.81. The summed E-state index contributed by atoms with van der Waals surface area (Å²) in [5.74, 6) is 7.31. The van der Waals surface area contributed by atoms with Gasteiger partial charge in [0.05, 0.1) is 5.56 Å². The van der Waals surface area contributed by atoms with Gasteiger partial charge in [0.1, 0.15) is 5.82 Å². The quantitative estimate of drug-likeness (QED) is 0.607. The Morgan fingerprint density at radius 1 is 1.18 bits per heavy atom. The zero-order valence-corrected chi connectivity index (χ0v) is 13.9. The molecule has 0 nitrogen and oxygen atoms in total. The molecule has 22 heavy (non-hydrogen) atoms. The van der Waals surface area contributed by atoms with Gasteiger partial charge < -0.3 is 0 Å². The van der Waals surface area contributed by atoms with E-state index in [1.54, 1.807) is 12.1 Å². The molecular weight excluding hydrogens is 271 g/mol. The van der Waals surface area contributed by atoms with E-state index in [1.165, 1.54) is 32.1 Å². The maximum atomic E-state index is 13.9. The predicted octanol–water partition coefficient (Wildman–Crippen LogP) is 5.90. The van der Waals surface area contributed by atoms with Gasteiger partial charge in [-0.05, 0) is 67.7 Å². The molecule has 0 heterocycles. The Morgan fingerprint density at radius 3 is 2.59 bits per heavy atom. The molecule has 0 aromatic heterocycles. The van der Waals surface area contributed by atoms with Gasteiger partial charge in [-0.1, -0.05) is 50.7 Å². The maximum absolute atomic E-state index is 13.9. The minimum atomic E-state index is -0.199. The Hall–Kier alpha value is -1.55. The van der Waals surface area contributed by atoms with Crippen LogP contribution in [0.25, 0.3) is 0 Å². The van der Waals surface area contributed by atoms with Gasteiger partial charge in [-0.15, -0.1) is 0 Å². The maximum Gasteiger partial charge on any atom is 0.139 e. The molecule has 1 fully saturated rings. The molecule has 0 bridgehead atoms.